The number of allylic oxidation sites excluding steroid dienone is 2. The van der Waals surface area contributed by atoms with Crippen LogP contribution in [-0.4, -0.2) is 24.7 Å². The summed E-state index contributed by atoms with van der Waals surface area (Å²) in [5.74, 6) is -1.85. The van der Waals surface area contributed by atoms with Crippen LogP contribution in [0.1, 0.15) is 25.0 Å². The van der Waals surface area contributed by atoms with Gasteiger partial charge in [0.25, 0.3) is 0 Å². The highest BCUT2D eigenvalue weighted by atomic mass is 16.5. The van der Waals surface area contributed by atoms with E-state index in [0.717, 1.165) is 22.3 Å². The maximum absolute atomic E-state index is 14.3. The monoisotopic (exact) mass is 463 g/mol. The summed E-state index contributed by atoms with van der Waals surface area (Å²) in [5, 5.41) is 0. The SMILES string of the molecule is COc1ccccc1N1C(=O)[C@@H]2[C@@H](C1=O)[C@@]1(C)C(=O)[C@@]2(C)C(c2ccccc2)=C1c1ccccc1. The number of rotatable bonds is 4. The van der Waals surface area contributed by atoms with Gasteiger partial charge in [0.05, 0.1) is 35.5 Å². The minimum atomic E-state index is -1.13. The maximum atomic E-state index is 14.3. The van der Waals surface area contributed by atoms with Gasteiger partial charge in [-0.1, -0.05) is 72.8 Å². The molecule has 3 aliphatic rings. The van der Waals surface area contributed by atoms with E-state index in [0.29, 0.717) is 11.4 Å². The van der Waals surface area contributed by atoms with E-state index >= 15 is 0 Å². The number of carbonyl (C=O) groups is 3. The van der Waals surface area contributed by atoms with Crippen molar-refractivity contribution in [2.45, 2.75) is 13.8 Å². The maximum Gasteiger partial charge on any atom is 0.239 e. The Balaban J connectivity index is 1.62. The molecule has 0 aromatic heterocycles. The highest BCUT2D eigenvalue weighted by Crippen LogP contribution is 2.73. The molecule has 1 saturated heterocycles. The third kappa shape index (κ3) is 2.50. The zero-order valence-electron chi connectivity index (χ0n) is 19.8. The number of benzene rings is 3. The Morgan fingerprint density at radius 1 is 0.657 bits per heavy atom. The molecule has 0 N–H and O–H groups in total. The van der Waals surface area contributed by atoms with Gasteiger partial charge >= 0.3 is 0 Å². The first-order chi connectivity index (χ1) is 16.9. The van der Waals surface area contributed by atoms with Gasteiger partial charge in [-0.05, 0) is 48.3 Å². The predicted octanol–water partition coefficient (Wildman–Crippen LogP) is 5.02. The molecule has 2 fully saturated rings. The Hall–Kier alpha value is -3.99. The van der Waals surface area contributed by atoms with Gasteiger partial charge in [0.1, 0.15) is 5.75 Å². The van der Waals surface area contributed by atoms with Crippen LogP contribution in [-0.2, 0) is 14.4 Å². The number of nitrogens with zero attached hydrogens (tertiary/aromatic N) is 1. The Labute approximate surface area is 204 Å². The van der Waals surface area contributed by atoms with Gasteiger partial charge in [0.15, 0.2) is 5.78 Å². The minimum Gasteiger partial charge on any atom is -0.495 e. The molecule has 3 aromatic carbocycles. The summed E-state index contributed by atoms with van der Waals surface area (Å²) in [4.78, 5) is 43.6. The van der Waals surface area contributed by atoms with Crippen molar-refractivity contribution in [3.63, 3.8) is 0 Å². The summed E-state index contributed by atoms with van der Waals surface area (Å²) in [6, 6.07) is 26.6. The first kappa shape index (κ1) is 21.5. The number of ether oxygens (including phenoxy) is 1. The molecule has 5 nitrogen and oxygen atoms in total. The second kappa shape index (κ2) is 7.25. The van der Waals surface area contributed by atoms with Crippen LogP contribution in [0.3, 0.4) is 0 Å². The number of anilines is 1. The van der Waals surface area contributed by atoms with Crippen molar-refractivity contribution >= 4 is 34.4 Å². The fourth-order valence-corrected chi connectivity index (χ4v) is 6.86. The zero-order valence-corrected chi connectivity index (χ0v) is 19.8. The van der Waals surface area contributed by atoms with E-state index in [4.69, 9.17) is 4.74 Å². The van der Waals surface area contributed by atoms with E-state index in [-0.39, 0.29) is 17.6 Å². The fourth-order valence-electron chi connectivity index (χ4n) is 6.86. The smallest absolute Gasteiger partial charge is 0.239 e. The Bertz CT molecular complexity index is 1340. The fraction of sp³-hybridized carbons (Fsp3) is 0.233. The van der Waals surface area contributed by atoms with Gasteiger partial charge in [-0.3, -0.25) is 14.4 Å². The van der Waals surface area contributed by atoms with Crippen LogP contribution in [0.5, 0.6) is 5.75 Å². The number of methoxy groups -OCH3 is 1. The van der Waals surface area contributed by atoms with Crippen LogP contribution in [0.25, 0.3) is 11.1 Å². The quantitative estimate of drug-likeness (QED) is 0.510. The summed E-state index contributed by atoms with van der Waals surface area (Å²) in [6.45, 7) is 3.71. The summed E-state index contributed by atoms with van der Waals surface area (Å²) in [6.07, 6.45) is 0. The molecule has 3 aromatic rings. The lowest BCUT2D eigenvalue weighted by Crippen LogP contribution is -2.40. The van der Waals surface area contributed by atoms with Crippen molar-refractivity contribution in [2.24, 2.45) is 22.7 Å². The summed E-state index contributed by atoms with van der Waals surface area (Å²) in [5.41, 5.74) is 1.66. The highest BCUT2D eigenvalue weighted by Gasteiger charge is 2.79. The van der Waals surface area contributed by atoms with Crippen molar-refractivity contribution in [3.05, 3.63) is 96.1 Å². The van der Waals surface area contributed by atoms with Crippen LogP contribution in [0.15, 0.2) is 84.9 Å². The Morgan fingerprint density at radius 2 is 1.09 bits per heavy atom. The molecule has 1 aliphatic heterocycles. The van der Waals surface area contributed by atoms with Gasteiger partial charge in [0, 0.05) is 0 Å². The van der Waals surface area contributed by atoms with Gasteiger partial charge < -0.3 is 4.74 Å². The molecule has 6 rings (SSSR count). The molecule has 2 aliphatic carbocycles. The van der Waals surface area contributed by atoms with Crippen LogP contribution in [0.4, 0.5) is 5.69 Å². The molecule has 5 heteroatoms. The summed E-state index contributed by atoms with van der Waals surface area (Å²) >= 11 is 0. The van der Waals surface area contributed by atoms with Crippen molar-refractivity contribution in [1.29, 1.82) is 0 Å². The molecule has 1 heterocycles. The van der Waals surface area contributed by atoms with Crippen LogP contribution in [0, 0.1) is 22.7 Å². The van der Waals surface area contributed by atoms with Crippen LogP contribution >= 0.6 is 0 Å². The van der Waals surface area contributed by atoms with E-state index in [1.54, 1.807) is 24.3 Å². The molecule has 2 amide bonds. The van der Waals surface area contributed by atoms with E-state index in [2.05, 4.69) is 0 Å². The van der Waals surface area contributed by atoms with Crippen LogP contribution in [0.2, 0.25) is 0 Å². The largest absolute Gasteiger partial charge is 0.495 e. The Morgan fingerprint density at radius 3 is 1.54 bits per heavy atom. The van der Waals surface area contributed by atoms with Gasteiger partial charge in [-0.25, -0.2) is 4.90 Å². The molecule has 1 saturated carbocycles. The van der Waals surface area contributed by atoms with Crippen molar-refractivity contribution in [2.75, 3.05) is 12.0 Å². The zero-order chi connectivity index (χ0) is 24.5. The standard InChI is InChI=1S/C30H25NO4/c1-29-22(18-12-6-4-7-13-18)23(19-14-8-5-9-15-19)30(2,28(29)34)25-24(29)26(32)31(27(25)33)20-16-10-11-17-21(20)35-3/h4-17,24-25H,1-3H3/t24-,25-,29-,30-/m0/s1. The summed E-state index contributed by atoms with van der Waals surface area (Å²) < 4.78 is 5.47. The predicted molar refractivity (Wildman–Crippen MR) is 133 cm³/mol. The number of imide groups is 1. The second-order valence-corrected chi connectivity index (χ2v) is 9.85. The Kier molecular flexibility index (Phi) is 4.46. The average Bonchev–Trinajstić information content (AvgIpc) is 3.34. The second-order valence-electron chi connectivity index (χ2n) is 9.85. The molecule has 174 valence electrons. The molecule has 35 heavy (non-hydrogen) atoms. The number of hydrogen-bond acceptors (Lipinski definition) is 4. The third-order valence-corrected chi connectivity index (χ3v) is 8.23. The first-order valence-electron chi connectivity index (χ1n) is 11.8. The highest BCUT2D eigenvalue weighted by molar-refractivity contribution is 6.34. The normalized spacial score (nSPS) is 29.2. The number of fused-ring (bicyclic) bond motifs is 5. The molecular weight excluding hydrogens is 438 g/mol. The lowest BCUT2D eigenvalue weighted by Gasteiger charge is -2.35. The van der Waals surface area contributed by atoms with E-state index in [1.807, 2.05) is 74.5 Å². The third-order valence-electron chi connectivity index (χ3n) is 8.23. The molecular formula is C30H25NO4. The molecule has 2 bridgehead atoms. The van der Waals surface area contributed by atoms with Crippen molar-refractivity contribution in [1.82, 2.24) is 0 Å². The van der Waals surface area contributed by atoms with Gasteiger partial charge in [0.2, 0.25) is 11.8 Å². The summed E-state index contributed by atoms with van der Waals surface area (Å²) in [7, 11) is 1.52. The minimum absolute atomic E-state index is 0.0564. The number of hydrogen-bond donors (Lipinski definition) is 0. The van der Waals surface area contributed by atoms with E-state index in [1.165, 1.54) is 12.0 Å². The van der Waals surface area contributed by atoms with E-state index < -0.39 is 22.7 Å². The number of carbonyl (C=O) groups excluding carboxylic acids is 3. The lowest BCUT2D eigenvalue weighted by atomic mass is 9.63. The average molecular weight is 464 g/mol. The molecule has 4 atom stereocenters. The van der Waals surface area contributed by atoms with Crippen molar-refractivity contribution < 1.29 is 19.1 Å². The van der Waals surface area contributed by atoms with Gasteiger partial charge in [-0.2, -0.15) is 0 Å². The lowest BCUT2D eigenvalue weighted by molar-refractivity contribution is -0.133. The topological polar surface area (TPSA) is 63.7 Å². The molecule has 0 spiro atoms. The van der Waals surface area contributed by atoms with Gasteiger partial charge in [-0.15, -0.1) is 0 Å². The van der Waals surface area contributed by atoms with Crippen LogP contribution < -0.4 is 9.64 Å². The number of ketones is 1. The molecule has 0 unspecified atom stereocenters. The molecule has 0 radical (unpaired) electrons. The van der Waals surface area contributed by atoms with Crippen molar-refractivity contribution in [3.8, 4) is 5.75 Å². The number of para-hydroxylation sites is 2. The number of Topliss-reactive ketones (excluding diaryl/α,β-unsaturated/α-hetero) is 1. The van der Waals surface area contributed by atoms with E-state index in [9.17, 15) is 14.4 Å². The first-order valence-corrected chi connectivity index (χ1v) is 11.8. The number of amides is 2.